The Bertz CT molecular complexity index is 245. The van der Waals surface area contributed by atoms with Crippen LogP contribution in [-0.4, -0.2) is 28.8 Å². The standard InChI is InChI=1S/C13H27NOS/c1-12(2)8-11(9-13(3,4)10-12)14-6-7-16(5)15/h11,14H,6-10H2,1-5H3. The van der Waals surface area contributed by atoms with E-state index < -0.39 is 10.8 Å². The molecule has 0 aromatic carbocycles. The van der Waals surface area contributed by atoms with Gasteiger partial charge in [0.2, 0.25) is 0 Å². The molecule has 1 fully saturated rings. The molecule has 1 unspecified atom stereocenters. The molecule has 1 aliphatic carbocycles. The largest absolute Gasteiger partial charge is 0.313 e. The Balaban J connectivity index is 2.45. The van der Waals surface area contributed by atoms with Gasteiger partial charge in [-0.05, 0) is 30.1 Å². The first-order chi connectivity index (χ1) is 7.20. The first kappa shape index (κ1) is 14.2. The molecule has 96 valence electrons. The first-order valence-corrected chi connectivity index (χ1v) is 7.96. The third-order valence-electron chi connectivity index (χ3n) is 3.38. The molecule has 1 atom stereocenters. The quantitative estimate of drug-likeness (QED) is 0.825. The summed E-state index contributed by atoms with van der Waals surface area (Å²) in [5.41, 5.74) is 0.871. The highest BCUT2D eigenvalue weighted by molar-refractivity contribution is 7.84. The van der Waals surface area contributed by atoms with E-state index in [0.717, 1.165) is 12.3 Å². The van der Waals surface area contributed by atoms with E-state index in [-0.39, 0.29) is 0 Å². The molecule has 0 heterocycles. The fourth-order valence-electron chi connectivity index (χ4n) is 3.40. The summed E-state index contributed by atoms with van der Waals surface area (Å²) >= 11 is 0. The van der Waals surface area contributed by atoms with Crippen LogP contribution in [0, 0.1) is 10.8 Å². The molecule has 16 heavy (non-hydrogen) atoms. The van der Waals surface area contributed by atoms with Crippen LogP contribution < -0.4 is 5.32 Å². The lowest BCUT2D eigenvalue weighted by Gasteiger charge is -2.45. The van der Waals surface area contributed by atoms with Crippen molar-refractivity contribution in [2.24, 2.45) is 10.8 Å². The van der Waals surface area contributed by atoms with Gasteiger partial charge in [-0.15, -0.1) is 0 Å². The normalized spacial score (nSPS) is 26.6. The second kappa shape index (κ2) is 5.18. The van der Waals surface area contributed by atoms with Gasteiger partial charge in [-0.2, -0.15) is 0 Å². The van der Waals surface area contributed by atoms with Crippen molar-refractivity contribution in [1.82, 2.24) is 5.32 Å². The summed E-state index contributed by atoms with van der Waals surface area (Å²) in [7, 11) is -0.671. The van der Waals surface area contributed by atoms with E-state index in [9.17, 15) is 4.21 Å². The molecule has 0 aromatic rings. The van der Waals surface area contributed by atoms with Gasteiger partial charge in [-0.1, -0.05) is 27.7 Å². The van der Waals surface area contributed by atoms with Gasteiger partial charge in [0, 0.05) is 35.4 Å². The van der Waals surface area contributed by atoms with Gasteiger partial charge in [0.1, 0.15) is 0 Å². The number of rotatable bonds is 4. The van der Waals surface area contributed by atoms with E-state index in [4.69, 9.17) is 0 Å². The van der Waals surface area contributed by atoms with E-state index >= 15 is 0 Å². The second-order valence-corrected chi connectivity index (χ2v) is 8.40. The molecule has 0 radical (unpaired) electrons. The average molecular weight is 245 g/mol. The lowest BCUT2D eigenvalue weighted by Crippen LogP contribution is -2.44. The summed E-state index contributed by atoms with van der Waals surface area (Å²) in [6.07, 6.45) is 5.56. The van der Waals surface area contributed by atoms with Crippen LogP contribution in [0.4, 0.5) is 0 Å². The minimum Gasteiger partial charge on any atom is -0.313 e. The Morgan fingerprint density at radius 1 is 1.19 bits per heavy atom. The van der Waals surface area contributed by atoms with Crippen LogP contribution in [-0.2, 0) is 10.8 Å². The number of hydrogen-bond acceptors (Lipinski definition) is 2. The topological polar surface area (TPSA) is 29.1 Å². The predicted molar refractivity (Wildman–Crippen MR) is 72.1 cm³/mol. The Hall–Kier alpha value is 0.110. The van der Waals surface area contributed by atoms with Crippen LogP contribution >= 0.6 is 0 Å². The zero-order valence-electron chi connectivity index (χ0n) is 11.4. The molecule has 1 N–H and O–H groups in total. The van der Waals surface area contributed by atoms with E-state index in [1.54, 1.807) is 6.26 Å². The summed E-state index contributed by atoms with van der Waals surface area (Å²) in [5.74, 6) is 0.775. The highest BCUT2D eigenvalue weighted by atomic mass is 32.2. The highest BCUT2D eigenvalue weighted by Crippen LogP contribution is 2.45. The lowest BCUT2D eigenvalue weighted by atomic mass is 9.63. The Morgan fingerprint density at radius 3 is 2.12 bits per heavy atom. The number of nitrogens with one attached hydrogen (secondary N) is 1. The molecule has 3 heteroatoms. The van der Waals surface area contributed by atoms with Crippen molar-refractivity contribution in [3.05, 3.63) is 0 Å². The van der Waals surface area contributed by atoms with E-state index in [1.807, 2.05) is 0 Å². The van der Waals surface area contributed by atoms with E-state index in [2.05, 4.69) is 33.0 Å². The van der Waals surface area contributed by atoms with Crippen molar-refractivity contribution >= 4 is 10.8 Å². The molecule has 0 saturated heterocycles. The van der Waals surface area contributed by atoms with Gasteiger partial charge in [0.05, 0.1) is 0 Å². The fraction of sp³-hybridized carbons (Fsp3) is 1.00. The zero-order valence-corrected chi connectivity index (χ0v) is 12.2. The van der Waals surface area contributed by atoms with E-state index in [0.29, 0.717) is 16.9 Å². The third kappa shape index (κ3) is 4.96. The van der Waals surface area contributed by atoms with Crippen LogP contribution in [0.1, 0.15) is 47.0 Å². The summed E-state index contributed by atoms with van der Waals surface area (Å²) in [6.45, 7) is 10.3. The summed E-state index contributed by atoms with van der Waals surface area (Å²) in [5, 5.41) is 3.57. The molecule has 0 bridgehead atoms. The van der Waals surface area contributed by atoms with Crippen LogP contribution in [0.5, 0.6) is 0 Å². The smallest absolute Gasteiger partial charge is 0.0357 e. The maximum absolute atomic E-state index is 11.0. The monoisotopic (exact) mass is 245 g/mol. The maximum Gasteiger partial charge on any atom is 0.0357 e. The van der Waals surface area contributed by atoms with Crippen molar-refractivity contribution in [2.75, 3.05) is 18.6 Å². The minimum atomic E-state index is -0.671. The summed E-state index contributed by atoms with van der Waals surface area (Å²) in [6, 6.07) is 0.599. The van der Waals surface area contributed by atoms with Crippen LogP contribution in [0.15, 0.2) is 0 Å². The lowest BCUT2D eigenvalue weighted by molar-refractivity contribution is 0.0860. The molecule has 1 aliphatic rings. The highest BCUT2D eigenvalue weighted by Gasteiger charge is 2.37. The molecule has 0 aromatic heterocycles. The molecule has 0 aliphatic heterocycles. The summed E-state index contributed by atoms with van der Waals surface area (Å²) < 4.78 is 11.0. The molecule has 0 amide bonds. The molecule has 2 nitrogen and oxygen atoms in total. The van der Waals surface area contributed by atoms with Gasteiger partial charge in [-0.25, -0.2) is 0 Å². The number of hydrogen-bond donors (Lipinski definition) is 1. The van der Waals surface area contributed by atoms with Crippen molar-refractivity contribution in [3.8, 4) is 0 Å². The SMILES string of the molecule is CS(=O)CCNC1CC(C)(C)CC(C)(C)C1. The Labute approximate surface area is 103 Å². The van der Waals surface area contributed by atoms with Gasteiger partial charge >= 0.3 is 0 Å². The van der Waals surface area contributed by atoms with Crippen LogP contribution in [0.3, 0.4) is 0 Å². The van der Waals surface area contributed by atoms with Crippen molar-refractivity contribution in [2.45, 2.75) is 53.0 Å². The van der Waals surface area contributed by atoms with E-state index in [1.165, 1.54) is 19.3 Å². The molecular formula is C13H27NOS. The molecule has 1 saturated carbocycles. The summed E-state index contributed by atoms with van der Waals surface area (Å²) in [4.78, 5) is 0. The average Bonchev–Trinajstić information content (AvgIpc) is 1.96. The predicted octanol–water partition coefficient (Wildman–Crippen LogP) is 2.56. The minimum absolute atomic E-state index is 0.435. The van der Waals surface area contributed by atoms with Gasteiger partial charge in [0.25, 0.3) is 0 Å². The molecule has 1 rings (SSSR count). The molecular weight excluding hydrogens is 218 g/mol. The van der Waals surface area contributed by atoms with Crippen LogP contribution in [0.2, 0.25) is 0 Å². The zero-order chi connectivity index (χ0) is 12.4. The first-order valence-electron chi connectivity index (χ1n) is 6.24. The second-order valence-electron chi connectivity index (χ2n) is 6.84. The van der Waals surface area contributed by atoms with Crippen molar-refractivity contribution in [1.29, 1.82) is 0 Å². The maximum atomic E-state index is 11.0. The van der Waals surface area contributed by atoms with Gasteiger partial charge in [-0.3, -0.25) is 4.21 Å². The van der Waals surface area contributed by atoms with Gasteiger partial charge < -0.3 is 5.32 Å². The Morgan fingerprint density at radius 2 is 1.69 bits per heavy atom. The van der Waals surface area contributed by atoms with Crippen LogP contribution in [0.25, 0.3) is 0 Å². The Kier molecular flexibility index (Phi) is 4.58. The van der Waals surface area contributed by atoms with Crippen molar-refractivity contribution in [3.63, 3.8) is 0 Å². The molecule has 0 spiro atoms. The van der Waals surface area contributed by atoms with Gasteiger partial charge in [0.15, 0.2) is 0 Å². The third-order valence-corrected chi connectivity index (χ3v) is 4.16. The fourth-order valence-corrected chi connectivity index (χ4v) is 3.80. The van der Waals surface area contributed by atoms with Crippen molar-refractivity contribution < 1.29 is 4.21 Å².